The number of aliphatic carboxylic acids is 1. The van der Waals surface area contributed by atoms with E-state index in [0.717, 1.165) is 18.9 Å². The standard InChI is InChI=1S/C16H21FO3/c1-2-3-4-5-10-20-12-14-8-6-13(11-15(14)17)7-9-16(18)19/h6-9,11H,2-5,10,12H2,1H3,(H,18,19). The lowest BCUT2D eigenvalue weighted by Crippen LogP contribution is -1.98. The second-order valence-corrected chi connectivity index (χ2v) is 4.64. The van der Waals surface area contributed by atoms with Gasteiger partial charge in [-0.25, -0.2) is 9.18 Å². The summed E-state index contributed by atoms with van der Waals surface area (Å²) in [5, 5.41) is 8.50. The molecule has 0 bridgehead atoms. The third kappa shape index (κ3) is 6.48. The van der Waals surface area contributed by atoms with Crippen LogP contribution in [0.2, 0.25) is 0 Å². The molecule has 0 spiro atoms. The number of unbranched alkanes of at least 4 members (excludes halogenated alkanes) is 3. The summed E-state index contributed by atoms with van der Waals surface area (Å²) in [7, 11) is 0. The molecule has 4 heteroatoms. The predicted octanol–water partition coefficient (Wildman–Crippen LogP) is 4.02. The van der Waals surface area contributed by atoms with E-state index in [2.05, 4.69) is 6.92 Å². The molecule has 1 N–H and O–H groups in total. The summed E-state index contributed by atoms with van der Waals surface area (Å²) in [4.78, 5) is 10.4. The molecule has 0 aromatic heterocycles. The highest BCUT2D eigenvalue weighted by molar-refractivity contribution is 5.85. The summed E-state index contributed by atoms with van der Waals surface area (Å²) in [6.07, 6.45) is 6.86. The summed E-state index contributed by atoms with van der Waals surface area (Å²) in [5.74, 6) is -1.42. The topological polar surface area (TPSA) is 46.5 Å². The fourth-order valence-electron chi connectivity index (χ4n) is 1.76. The van der Waals surface area contributed by atoms with Crippen molar-refractivity contribution < 1.29 is 19.0 Å². The smallest absolute Gasteiger partial charge is 0.328 e. The Balaban J connectivity index is 2.42. The van der Waals surface area contributed by atoms with Gasteiger partial charge in [0, 0.05) is 18.2 Å². The lowest BCUT2D eigenvalue weighted by molar-refractivity contribution is -0.131. The molecule has 3 nitrogen and oxygen atoms in total. The quantitative estimate of drug-likeness (QED) is 0.549. The van der Waals surface area contributed by atoms with E-state index in [9.17, 15) is 9.18 Å². The van der Waals surface area contributed by atoms with E-state index in [-0.39, 0.29) is 12.4 Å². The van der Waals surface area contributed by atoms with Crippen LogP contribution in [0.25, 0.3) is 6.08 Å². The van der Waals surface area contributed by atoms with Gasteiger partial charge in [-0.05, 0) is 24.1 Å². The third-order valence-electron chi connectivity index (χ3n) is 2.90. The van der Waals surface area contributed by atoms with Crippen molar-refractivity contribution in [1.29, 1.82) is 0 Å². The molecule has 0 aliphatic heterocycles. The number of hydrogen-bond acceptors (Lipinski definition) is 2. The lowest BCUT2D eigenvalue weighted by atomic mass is 10.1. The highest BCUT2D eigenvalue weighted by atomic mass is 19.1. The van der Waals surface area contributed by atoms with Crippen LogP contribution in [0.15, 0.2) is 24.3 Å². The number of carbonyl (C=O) groups is 1. The van der Waals surface area contributed by atoms with E-state index < -0.39 is 5.97 Å². The zero-order valence-corrected chi connectivity index (χ0v) is 11.8. The summed E-state index contributed by atoms with van der Waals surface area (Å²) >= 11 is 0. The summed E-state index contributed by atoms with van der Waals surface area (Å²) in [6, 6.07) is 4.62. The predicted molar refractivity (Wildman–Crippen MR) is 76.9 cm³/mol. The highest BCUT2D eigenvalue weighted by Crippen LogP contribution is 2.13. The van der Waals surface area contributed by atoms with E-state index in [0.29, 0.717) is 17.7 Å². The average molecular weight is 280 g/mol. The molecule has 0 atom stereocenters. The first-order valence-corrected chi connectivity index (χ1v) is 6.90. The Hall–Kier alpha value is -1.68. The third-order valence-corrected chi connectivity index (χ3v) is 2.90. The fourth-order valence-corrected chi connectivity index (χ4v) is 1.76. The number of ether oxygens (including phenoxy) is 1. The number of carboxylic acids is 1. The maximum absolute atomic E-state index is 13.7. The Labute approximate surface area is 119 Å². The van der Waals surface area contributed by atoms with Crippen LogP contribution < -0.4 is 0 Å². The van der Waals surface area contributed by atoms with Crippen molar-refractivity contribution in [3.8, 4) is 0 Å². The van der Waals surface area contributed by atoms with Crippen molar-refractivity contribution in [2.24, 2.45) is 0 Å². The number of halogens is 1. The van der Waals surface area contributed by atoms with Gasteiger partial charge in [0.05, 0.1) is 6.61 Å². The molecular weight excluding hydrogens is 259 g/mol. The van der Waals surface area contributed by atoms with Gasteiger partial charge in [-0.2, -0.15) is 0 Å². The molecule has 0 aliphatic carbocycles. The monoisotopic (exact) mass is 280 g/mol. The van der Waals surface area contributed by atoms with Gasteiger partial charge >= 0.3 is 5.97 Å². The number of carboxylic acid groups (broad SMARTS) is 1. The van der Waals surface area contributed by atoms with Gasteiger partial charge in [0.1, 0.15) is 5.82 Å². The van der Waals surface area contributed by atoms with Crippen molar-refractivity contribution in [3.05, 3.63) is 41.2 Å². The average Bonchev–Trinajstić information content (AvgIpc) is 2.42. The first-order chi connectivity index (χ1) is 9.63. The first kappa shape index (κ1) is 16.4. The zero-order chi connectivity index (χ0) is 14.8. The Morgan fingerprint density at radius 1 is 1.35 bits per heavy atom. The maximum Gasteiger partial charge on any atom is 0.328 e. The Kier molecular flexibility index (Phi) is 7.58. The SMILES string of the molecule is CCCCCCOCc1ccc(C=CC(=O)O)cc1F. The summed E-state index contributed by atoms with van der Waals surface area (Å²) in [5.41, 5.74) is 1.02. The largest absolute Gasteiger partial charge is 0.478 e. The Bertz CT molecular complexity index is 455. The molecule has 110 valence electrons. The van der Waals surface area contributed by atoms with Gasteiger partial charge in [-0.15, -0.1) is 0 Å². The molecular formula is C16H21FO3. The highest BCUT2D eigenvalue weighted by Gasteiger charge is 2.03. The van der Waals surface area contributed by atoms with Crippen LogP contribution >= 0.6 is 0 Å². The maximum atomic E-state index is 13.7. The second-order valence-electron chi connectivity index (χ2n) is 4.64. The summed E-state index contributed by atoms with van der Waals surface area (Å²) < 4.78 is 19.2. The summed E-state index contributed by atoms with van der Waals surface area (Å²) in [6.45, 7) is 3.04. The van der Waals surface area contributed by atoms with Gasteiger partial charge in [0.2, 0.25) is 0 Å². The molecule has 0 unspecified atom stereocenters. The molecule has 20 heavy (non-hydrogen) atoms. The minimum atomic E-state index is -1.05. The van der Waals surface area contributed by atoms with Crippen molar-refractivity contribution >= 4 is 12.0 Å². The minimum absolute atomic E-state index is 0.251. The van der Waals surface area contributed by atoms with Crippen molar-refractivity contribution in [3.63, 3.8) is 0 Å². The van der Waals surface area contributed by atoms with Crippen LogP contribution in [-0.2, 0) is 16.1 Å². The van der Waals surface area contributed by atoms with Crippen LogP contribution in [0, 0.1) is 5.82 Å². The van der Waals surface area contributed by atoms with E-state index in [1.54, 1.807) is 12.1 Å². The van der Waals surface area contributed by atoms with Crippen molar-refractivity contribution in [1.82, 2.24) is 0 Å². The molecule has 1 aromatic rings. The first-order valence-electron chi connectivity index (χ1n) is 6.90. The number of rotatable bonds is 9. The molecule has 0 saturated heterocycles. The van der Waals surface area contributed by atoms with E-state index in [4.69, 9.17) is 9.84 Å². The number of hydrogen-bond donors (Lipinski definition) is 1. The molecule has 1 rings (SSSR count). The van der Waals surface area contributed by atoms with Crippen LogP contribution in [0.3, 0.4) is 0 Å². The zero-order valence-electron chi connectivity index (χ0n) is 11.8. The molecule has 0 aliphatic rings. The van der Waals surface area contributed by atoms with Gasteiger partial charge in [-0.1, -0.05) is 38.3 Å². The van der Waals surface area contributed by atoms with Crippen LogP contribution in [0.4, 0.5) is 4.39 Å². The van der Waals surface area contributed by atoms with Gasteiger partial charge in [0.25, 0.3) is 0 Å². The van der Waals surface area contributed by atoms with E-state index in [1.807, 2.05) is 0 Å². The van der Waals surface area contributed by atoms with Gasteiger partial charge in [-0.3, -0.25) is 0 Å². The van der Waals surface area contributed by atoms with Crippen LogP contribution in [0.1, 0.15) is 43.7 Å². The van der Waals surface area contributed by atoms with Gasteiger partial charge < -0.3 is 9.84 Å². The van der Waals surface area contributed by atoms with Crippen molar-refractivity contribution in [2.45, 2.75) is 39.2 Å². The minimum Gasteiger partial charge on any atom is -0.478 e. The van der Waals surface area contributed by atoms with Gasteiger partial charge in [0.15, 0.2) is 0 Å². The Morgan fingerprint density at radius 2 is 2.15 bits per heavy atom. The van der Waals surface area contributed by atoms with E-state index in [1.165, 1.54) is 25.0 Å². The van der Waals surface area contributed by atoms with Crippen LogP contribution in [0.5, 0.6) is 0 Å². The van der Waals surface area contributed by atoms with E-state index >= 15 is 0 Å². The second kappa shape index (κ2) is 9.26. The molecule has 0 saturated carbocycles. The lowest BCUT2D eigenvalue weighted by Gasteiger charge is -2.06. The molecule has 0 heterocycles. The molecule has 0 amide bonds. The Morgan fingerprint density at radius 3 is 2.80 bits per heavy atom. The van der Waals surface area contributed by atoms with Crippen LogP contribution in [-0.4, -0.2) is 17.7 Å². The van der Waals surface area contributed by atoms with Crippen molar-refractivity contribution in [2.75, 3.05) is 6.61 Å². The molecule has 0 radical (unpaired) electrons. The molecule has 1 aromatic carbocycles. The molecule has 0 fully saturated rings. The fraction of sp³-hybridized carbons (Fsp3) is 0.438. The number of benzene rings is 1. The normalized spacial score (nSPS) is 11.1.